The maximum atomic E-state index is 11.5. The third kappa shape index (κ3) is 5.29. The van der Waals surface area contributed by atoms with Crippen LogP contribution >= 0.6 is 0 Å². The number of nitrogens with zero attached hydrogens (tertiary/aromatic N) is 1. The molecule has 6 heteroatoms. The normalized spacial score (nSPS) is 11.8. The Balaban J connectivity index is 2.12. The molecule has 0 heterocycles. The van der Waals surface area contributed by atoms with Gasteiger partial charge in [-0.15, -0.1) is 0 Å². The van der Waals surface area contributed by atoms with Gasteiger partial charge >= 0.3 is 0 Å². The molecule has 2 aromatic rings. The van der Waals surface area contributed by atoms with Crippen LogP contribution in [0.2, 0.25) is 0 Å². The molecular weight excluding hydrogens is 342 g/mol. The van der Waals surface area contributed by atoms with Gasteiger partial charge in [0.2, 0.25) is 0 Å². The number of carbonyl (C=O) groups is 1. The summed E-state index contributed by atoms with van der Waals surface area (Å²) in [6, 6.07) is 12.8. The van der Waals surface area contributed by atoms with Gasteiger partial charge < -0.3 is 11.1 Å². The minimum atomic E-state index is -0.800. The van der Waals surface area contributed by atoms with Crippen molar-refractivity contribution in [2.24, 2.45) is 5.73 Å². The maximum absolute atomic E-state index is 11.5. The fourth-order valence-electron chi connectivity index (χ4n) is 3.28. The summed E-state index contributed by atoms with van der Waals surface area (Å²) in [5.74, 6) is -0.238. The Bertz CT molecular complexity index is 788. The Morgan fingerprint density at radius 1 is 1.19 bits per heavy atom. The van der Waals surface area contributed by atoms with Gasteiger partial charge in [-0.2, -0.15) is 0 Å². The number of nitrogens with two attached hydrogens (primary N) is 1. The van der Waals surface area contributed by atoms with E-state index in [0.717, 1.165) is 12.1 Å². The van der Waals surface area contributed by atoms with E-state index in [1.165, 1.54) is 30.9 Å². The molecule has 0 saturated heterocycles. The van der Waals surface area contributed by atoms with Crippen molar-refractivity contribution >= 4 is 17.3 Å². The number of hydrogen-bond donors (Lipinski definition) is 2. The molecule has 2 aromatic carbocycles. The highest BCUT2D eigenvalue weighted by atomic mass is 16.6. The highest BCUT2D eigenvalue weighted by molar-refractivity contribution is 5.97. The fourth-order valence-corrected chi connectivity index (χ4v) is 3.28. The molecule has 0 aliphatic rings. The minimum absolute atomic E-state index is 0.0728. The molecule has 0 aliphatic carbocycles. The van der Waals surface area contributed by atoms with E-state index >= 15 is 0 Å². The van der Waals surface area contributed by atoms with Crippen molar-refractivity contribution in [3.63, 3.8) is 0 Å². The van der Waals surface area contributed by atoms with Gasteiger partial charge in [-0.25, -0.2) is 0 Å². The smallest absolute Gasteiger partial charge is 0.287 e. The molecule has 0 spiro atoms. The zero-order valence-electron chi connectivity index (χ0n) is 15.9. The number of hydrogen-bond acceptors (Lipinski definition) is 4. The Morgan fingerprint density at radius 3 is 2.44 bits per heavy atom. The second kappa shape index (κ2) is 9.71. The van der Waals surface area contributed by atoms with Crippen LogP contribution in [0.15, 0.2) is 42.5 Å². The van der Waals surface area contributed by atoms with E-state index in [1.807, 2.05) is 12.1 Å². The molecule has 1 atom stereocenters. The van der Waals surface area contributed by atoms with Crippen LogP contribution in [0.25, 0.3) is 0 Å². The quantitative estimate of drug-likeness (QED) is 0.455. The zero-order chi connectivity index (χ0) is 19.8. The predicted octanol–water partition coefficient (Wildman–Crippen LogP) is 4.99. The third-order valence-corrected chi connectivity index (χ3v) is 4.83. The highest BCUT2D eigenvalue weighted by Crippen LogP contribution is 2.28. The molecule has 0 unspecified atom stereocenters. The standard InChI is InChI=1S/C21H27N3O3/c1-3-5-7-15(4-2)16-10-12-18(13-11-16)23-14-17-8-6-9-19(21(22)25)20(17)24(26)27/h6,8-13,15,23H,3-5,7,14H2,1-2H3,(H2,22,25)/t15-/m0/s1. The van der Waals surface area contributed by atoms with Crippen molar-refractivity contribution in [2.45, 2.75) is 52.0 Å². The minimum Gasteiger partial charge on any atom is -0.381 e. The van der Waals surface area contributed by atoms with Crippen molar-refractivity contribution in [1.82, 2.24) is 0 Å². The number of carbonyl (C=O) groups excluding carboxylic acids is 1. The molecule has 0 saturated carbocycles. The van der Waals surface area contributed by atoms with Gasteiger partial charge in [0.15, 0.2) is 0 Å². The second-order valence-corrected chi connectivity index (χ2v) is 6.66. The zero-order valence-corrected chi connectivity index (χ0v) is 15.9. The lowest BCUT2D eigenvalue weighted by atomic mass is 9.91. The topological polar surface area (TPSA) is 98.3 Å². The first-order valence-electron chi connectivity index (χ1n) is 9.37. The van der Waals surface area contributed by atoms with Gasteiger partial charge in [0.25, 0.3) is 11.6 Å². The molecule has 144 valence electrons. The number of nitro groups is 1. The third-order valence-electron chi connectivity index (χ3n) is 4.83. The number of primary amides is 1. The van der Waals surface area contributed by atoms with Gasteiger partial charge in [0.05, 0.1) is 4.92 Å². The van der Waals surface area contributed by atoms with Crippen molar-refractivity contribution in [3.05, 3.63) is 69.3 Å². The van der Waals surface area contributed by atoms with Crippen LogP contribution < -0.4 is 11.1 Å². The molecule has 6 nitrogen and oxygen atoms in total. The van der Waals surface area contributed by atoms with Gasteiger partial charge in [-0.05, 0) is 42.5 Å². The maximum Gasteiger partial charge on any atom is 0.287 e. The molecule has 0 aliphatic heterocycles. The number of benzene rings is 2. The fraction of sp³-hybridized carbons (Fsp3) is 0.381. The van der Waals surface area contributed by atoms with Gasteiger partial charge in [0, 0.05) is 17.8 Å². The van der Waals surface area contributed by atoms with Crippen LogP contribution in [0, 0.1) is 10.1 Å². The van der Waals surface area contributed by atoms with Crippen molar-refractivity contribution in [3.8, 4) is 0 Å². The highest BCUT2D eigenvalue weighted by Gasteiger charge is 2.22. The molecule has 3 N–H and O–H groups in total. The van der Waals surface area contributed by atoms with E-state index in [1.54, 1.807) is 12.1 Å². The van der Waals surface area contributed by atoms with Crippen molar-refractivity contribution in [2.75, 3.05) is 5.32 Å². The summed E-state index contributed by atoms with van der Waals surface area (Å²) in [6.07, 6.45) is 4.71. The molecule has 0 radical (unpaired) electrons. The summed E-state index contributed by atoms with van der Waals surface area (Å²) in [6.45, 7) is 4.65. The largest absolute Gasteiger partial charge is 0.381 e. The summed E-state index contributed by atoms with van der Waals surface area (Å²) in [5, 5.41) is 14.6. The number of rotatable bonds is 10. The lowest BCUT2D eigenvalue weighted by molar-refractivity contribution is -0.385. The second-order valence-electron chi connectivity index (χ2n) is 6.66. The van der Waals surface area contributed by atoms with Crippen LogP contribution in [0.1, 0.15) is 66.9 Å². The Hall–Kier alpha value is -2.89. The average Bonchev–Trinajstić information content (AvgIpc) is 2.67. The summed E-state index contributed by atoms with van der Waals surface area (Å²) in [4.78, 5) is 22.3. The SMILES string of the molecule is CCCC[C@H](CC)c1ccc(NCc2cccc(C(N)=O)c2[N+](=O)[O-])cc1. The van der Waals surface area contributed by atoms with Crippen LogP contribution in [-0.2, 0) is 6.54 Å². The average molecular weight is 369 g/mol. The van der Waals surface area contributed by atoms with Crippen molar-refractivity contribution in [1.29, 1.82) is 0 Å². The number of nitrogens with one attached hydrogen (secondary N) is 1. The van der Waals surface area contributed by atoms with E-state index < -0.39 is 10.8 Å². The molecule has 2 rings (SSSR count). The predicted molar refractivity (Wildman–Crippen MR) is 108 cm³/mol. The Morgan fingerprint density at radius 2 is 1.89 bits per heavy atom. The van der Waals surface area contributed by atoms with Gasteiger partial charge in [-0.3, -0.25) is 14.9 Å². The molecule has 0 bridgehead atoms. The monoisotopic (exact) mass is 369 g/mol. The number of unbranched alkanes of at least 4 members (excludes halogenated alkanes) is 1. The van der Waals surface area contributed by atoms with Crippen molar-refractivity contribution < 1.29 is 9.72 Å². The van der Waals surface area contributed by atoms with E-state index in [0.29, 0.717) is 11.5 Å². The molecular formula is C21H27N3O3. The van der Waals surface area contributed by atoms with E-state index in [9.17, 15) is 14.9 Å². The van der Waals surface area contributed by atoms with E-state index in [2.05, 4.69) is 31.3 Å². The molecule has 0 fully saturated rings. The first-order valence-corrected chi connectivity index (χ1v) is 9.37. The lowest BCUT2D eigenvalue weighted by Crippen LogP contribution is -2.15. The summed E-state index contributed by atoms with van der Waals surface area (Å²) >= 11 is 0. The summed E-state index contributed by atoms with van der Waals surface area (Å²) in [5.41, 5.74) is 7.57. The first-order chi connectivity index (χ1) is 13.0. The van der Waals surface area contributed by atoms with Crippen LogP contribution in [0.3, 0.4) is 0 Å². The van der Waals surface area contributed by atoms with Gasteiger partial charge in [0.1, 0.15) is 5.56 Å². The number of nitro benzene ring substituents is 1. The van der Waals surface area contributed by atoms with E-state index in [4.69, 9.17) is 5.73 Å². The lowest BCUT2D eigenvalue weighted by Gasteiger charge is -2.16. The molecule has 0 aromatic heterocycles. The summed E-state index contributed by atoms with van der Waals surface area (Å²) in [7, 11) is 0. The first kappa shape index (κ1) is 20.4. The molecule has 27 heavy (non-hydrogen) atoms. The van der Waals surface area contributed by atoms with Crippen LogP contribution in [0.5, 0.6) is 0 Å². The summed E-state index contributed by atoms with van der Waals surface area (Å²) < 4.78 is 0. The Kier molecular flexibility index (Phi) is 7.34. The van der Waals surface area contributed by atoms with E-state index in [-0.39, 0.29) is 17.8 Å². The van der Waals surface area contributed by atoms with Crippen LogP contribution in [0.4, 0.5) is 11.4 Å². The molecule has 1 amide bonds. The van der Waals surface area contributed by atoms with Gasteiger partial charge in [-0.1, -0.05) is 51.0 Å². The number of amides is 1. The number of anilines is 1. The number of para-hydroxylation sites is 1. The van der Waals surface area contributed by atoms with Crippen LogP contribution in [-0.4, -0.2) is 10.8 Å². The Labute approximate surface area is 159 Å².